The summed E-state index contributed by atoms with van der Waals surface area (Å²) in [7, 11) is 0. The fourth-order valence-corrected chi connectivity index (χ4v) is 1.33. The van der Waals surface area contributed by atoms with Crippen molar-refractivity contribution in [2.24, 2.45) is 0 Å². The molecule has 0 aliphatic heterocycles. The molecule has 0 spiro atoms. The monoisotopic (exact) mass is 188 g/mol. The van der Waals surface area contributed by atoms with E-state index in [-0.39, 0.29) is 34.7 Å². The van der Waals surface area contributed by atoms with Crippen molar-refractivity contribution in [1.29, 1.82) is 0 Å². The number of carboxylic acid groups (broad SMARTS) is 1. The minimum absolute atomic E-state index is 0.145. The summed E-state index contributed by atoms with van der Waals surface area (Å²) in [5.41, 5.74) is 0.151. The van der Waals surface area contributed by atoms with Gasteiger partial charge in [0.15, 0.2) is 11.6 Å². The van der Waals surface area contributed by atoms with Crippen molar-refractivity contribution in [1.82, 2.24) is 0 Å². The summed E-state index contributed by atoms with van der Waals surface area (Å²) in [5, 5.41) is 8.62. The zero-order chi connectivity index (χ0) is 10.3. The maximum atomic E-state index is 11.2. The Morgan fingerprint density at radius 3 is 2.64 bits per heavy atom. The molecule has 1 aliphatic carbocycles. The predicted octanol–water partition coefficient (Wildman–Crippen LogP) is 0.754. The van der Waals surface area contributed by atoms with E-state index in [0.29, 0.717) is 0 Å². The highest BCUT2D eigenvalue weighted by Crippen LogP contribution is 2.20. The Kier molecular flexibility index (Phi) is 1.61. The van der Waals surface area contributed by atoms with Crippen LogP contribution in [0.1, 0.15) is 37.5 Å². The fraction of sp³-hybridized carbons (Fsp3) is 0.100. The average molecular weight is 188 g/mol. The Balaban J connectivity index is 2.61. The van der Waals surface area contributed by atoms with E-state index < -0.39 is 5.97 Å². The molecule has 14 heavy (non-hydrogen) atoms. The van der Waals surface area contributed by atoms with Crippen LogP contribution in [-0.2, 0) is 0 Å². The molecule has 0 saturated heterocycles. The lowest BCUT2D eigenvalue weighted by Crippen LogP contribution is -1.98. The summed E-state index contributed by atoms with van der Waals surface area (Å²) in [5.74, 6) is -1.85. The Hall–Kier alpha value is -2.15. The van der Waals surface area contributed by atoms with Crippen molar-refractivity contribution >= 4 is 17.5 Å². The number of aromatic carboxylic acids is 1. The second kappa shape index (κ2) is 2.67. The summed E-state index contributed by atoms with van der Waals surface area (Å²) >= 11 is 0. The lowest BCUT2D eigenvalue weighted by atomic mass is 10.1. The first-order valence-electron chi connectivity index (χ1n) is 3.87. The minimum Gasteiger partial charge on any atom is -0.477 e. The molecule has 1 aromatic carbocycles. The molecule has 0 heterocycles. The number of carboxylic acids is 1. The van der Waals surface area contributed by atoms with Crippen molar-refractivity contribution in [2.75, 3.05) is 0 Å². The molecule has 68 valence electrons. The third-order valence-electron chi connectivity index (χ3n) is 2.01. The highest BCUT2D eigenvalue weighted by Gasteiger charge is 2.28. The first-order chi connectivity index (χ1) is 6.59. The van der Waals surface area contributed by atoms with Gasteiger partial charge in [-0.2, -0.15) is 0 Å². The molecule has 4 nitrogen and oxygen atoms in total. The molecule has 1 N–H and O–H groups in total. The Labute approximate surface area is 79.2 Å². The summed E-state index contributed by atoms with van der Waals surface area (Å²) in [6.45, 7) is 0. The maximum absolute atomic E-state index is 11.2. The van der Waals surface area contributed by atoms with E-state index >= 15 is 0 Å². The smallest absolute Gasteiger partial charge is 0.344 e. The average Bonchev–Trinajstić information content (AvgIpc) is 2.42. The molecule has 0 atom stereocenters. The van der Waals surface area contributed by atoms with Crippen LogP contribution in [0.2, 0.25) is 0 Å². The number of hydrogen-bond donors (Lipinski definition) is 1. The van der Waals surface area contributed by atoms with Gasteiger partial charge < -0.3 is 5.11 Å². The molecule has 0 radical (unpaired) electrons. The Morgan fingerprint density at radius 1 is 1.29 bits per heavy atom. The van der Waals surface area contributed by atoms with E-state index in [1.54, 1.807) is 0 Å². The van der Waals surface area contributed by atoms with Crippen molar-refractivity contribution in [3.05, 3.63) is 34.9 Å². The largest absolute Gasteiger partial charge is 0.477 e. The van der Waals surface area contributed by atoms with Gasteiger partial charge in [-0.1, -0.05) is 12.1 Å². The van der Waals surface area contributed by atoms with E-state index in [1.165, 1.54) is 6.07 Å². The van der Waals surface area contributed by atoms with Crippen molar-refractivity contribution in [3.8, 4) is 0 Å². The zero-order valence-corrected chi connectivity index (χ0v) is 6.96. The van der Waals surface area contributed by atoms with Gasteiger partial charge in [-0.3, -0.25) is 9.59 Å². The normalized spacial score (nSPS) is 13.7. The molecule has 0 fully saturated rings. The van der Waals surface area contributed by atoms with Crippen LogP contribution in [0, 0.1) is 12.1 Å². The number of carbonyl (C=O) groups is 3. The third-order valence-corrected chi connectivity index (χ3v) is 2.01. The molecule has 0 amide bonds. The first kappa shape index (κ1) is 8.45. The van der Waals surface area contributed by atoms with Gasteiger partial charge in [0.2, 0.25) is 0 Å². The Morgan fingerprint density at radius 2 is 2.00 bits per heavy atom. The molecular weight excluding hydrogens is 184 g/mol. The highest BCUT2D eigenvalue weighted by molar-refractivity contribution is 6.24. The summed E-state index contributed by atoms with van der Waals surface area (Å²) in [6.07, 6.45) is -0.192. The molecule has 0 saturated carbocycles. The van der Waals surface area contributed by atoms with Gasteiger partial charge in [-0.15, -0.1) is 0 Å². The topological polar surface area (TPSA) is 71.4 Å². The lowest BCUT2D eigenvalue weighted by molar-refractivity contribution is 0.0696. The molecule has 0 unspecified atom stereocenters. The first-order valence-corrected chi connectivity index (χ1v) is 3.87. The third kappa shape index (κ3) is 1.07. The van der Waals surface area contributed by atoms with E-state index in [0.717, 1.165) is 0 Å². The van der Waals surface area contributed by atoms with Crippen molar-refractivity contribution < 1.29 is 19.5 Å². The molecule has 0 bridgehead atoms. The zero-order valence-electron chi connectivity index (χ0n) is 6.96. The van der Waals surface area contributed by atoms with Crippen molar-refractivity contribution in [2.45, 2.75) is 6.42 Å². The van der Waals surface area contributed by atoms with Crippen LogP contribution in [-0.4, -0.2) is 22.6 Å². The quantitative estimate of drug-likeness (QED) is 0.660. The van der Waals surface area contributed by atoms with Crippen molar-refractivity contribution in [3.63, 3.8) is 0 Å². The van der Waals surface area contributed by atoms with E-state index in [2.05, 4.69) is 12.1 Å². The molecule has 1 aliphatic rings. The van der Waals surface area contributed by atoms with E-state index in [9.17, 15) is 14.4 Å². The van der Waals surface area contributed by atoms with Gasteiger partial charge in [-0.25, -0.2) is 4.79 Å². The van der Waals surface area contributed by atoms with Crippen LogP contribution in [0.5, 0.6) is 0 Å². The summed E-state index contributed by atoms with van der Waals surface area (Å²) in [4.78, 5) is 32.9. The number of Topliss-reactive ketones (excluding diaryl/α,β-unsaturated/α-hetero) is 2. The molecule has 4 heteroatoms. The Bertz CT molecular complexity index is 459. The molecule has 1 aromatic rings. The van der Waals surface area contributed by atoms with Crippen LogP contribution >= 0.6 is 0 Å². The van der Waals surface area contributed by atoms with Gasteiger partial charge in [0.1, 0.15) is 5.56 Å². The fourth-order valence-electron chi connectivity index (χ4n) is 1.33. The van der Waals surface area contributed by atoms with Crippen LogP contribution in [0.15, 0.2) is 6.07 Å². The maximum Gasteiger partial charge on any atom is 0.344 e. The van der Waals surface area contributed by atoms with E-state index in [4.69, 9.17) is 5.11 Å². The van der Waals surface area contributed by atoms with Gasteiger partial charge in [0, 0.05) is 5.56 Å². The van der Waals surface area contributed by atoms with Gasteiger partial charge in [0.05, 0.1) is 12.0 Å². The second-order valence-electron chi connectivity index (χ2n) is 2.92. The van der Waals surface area contributed by atoms with Gasteiger partial charge in [0.25, 0.3) is 0 Å². The molecule has 2 rings (SSSR count). The number of ketones is 2. The summed E-state index contributed by atoms with van der Waals surface area (Å²) < 4.78 is 0. The number of hydrogen-bond acceptors (Lipinski definition) is 3. The highest BCUT2D eigenvalue weighted by atomic mass is 16.4. The van der Waals surface area contributed by atoms with Crippen LogP contribution in [0.25, 0.3) is 0 Å². The predicted molar refractivity (Wildman–Crippen MR) is 44.4 cm³/mol. The molecule has 0 aromatic heterocycles. The van der Waals surface area contributed by atoms with Gasteiger partial charge in [-0.05, 0) is 6.07 Å². The SMILES string of the molecule is O=C(O)c1c#cc2c(c1)C(=O)CC2=O. The van der Waals surface area contributed by atoms with Gasteiger partial charge >= 0.3 is 5.97 Å². The molecular formula is C10H4O4. The summed E-state index contributed by atoms with van der Waals surface area (Å²) in [6, 6.07) is 5.89. The van der Waals surface area contributed by atoms with Crippen LogP contribution < -0.4 is 0 Å². The van der Waals surface area contributed by atoms with E-state index in [1.807, 2.05) is 0 Å². The number of rotatable bonds is 1. The van der Waals surface area contributed by atoms with Crippen LogP contribution in [0.3, 0.4) is 0 Å². The standard InChI is InChI=1S/C10H4O4/c11-8-4-9(12)7-3-5(10(13)14)1-2-6(7)8/h3H,4H2,(H,13,14). The number of carbonyl (C=O) groups excluding carboxylic acids is 2. The van der Waals surface area contributed by atoms with Crippen LogP contribution in [0.4, 0.5) is 0 Å². The second-order valence-corrected chi connectivity index (χ2v) is 2.92. The number of fused-ring (bicyclic) bond motifs is 1. The lowest BCUT2D eigenvalue weighted by Gasteiger charge is -1.92. The minimum atomic E-state index is -1.18.